The third kappa shape index (κ3) is 5.47. The quantitative estimate of drug-likeness (QED) is 0.639. The van der Waals surface area contributed by atoms with Crippen LogP contribution in [0.2, 0.25) is 0 Å². The number of amides is 2. The van der Waals surface area contributed by atoms with Gasteiger partial charge in [0.2, 0.25) is 0 Å². The van der Waals surface area contributed by atoms with Crippen molar-refractivity contribution >= 4 is 28.6 Å². The molecule has 0 aliphatic carbocycles. The molecule has 0 aliphatic heterocycles. The lowest BCUT2D eigenvalue weighted by atomic mass is 10.1. The highest BCUT2D eigenvalue weighted by atomic mass is 16.6. The second-order valence-corrected chi connectivity index (χ2v) is 5.78. The van der Waals surface area contributed by atoms with Crippen LogP contribution in [0.15, 0.2) is 72.8 Å². The molecule has 0 aromatic heterocycles. The van der Waals surface area contributed by atoms with Crippen LogP contribution in [0.5, 0.6) is 0 Å². The molecular weight excluding hydrogens is 344 g/mol. The highest BCUT2D eigenvalue weighted by molar-refractivity contribution is 6.00. The van der Waals surface area contributed by atoms with Gasteiger partial charge in [0.15, 0.2) is 0 Å². The molecule has 0 fully saturated rings. The van der Waals surface area contributed by atoms with E-state index in [1.807, 2.05) is 72.8 Å². The minimum absolute atomic E-state index is 0.0387. The molecule has 6 nitrogen and oxygen atoms in total. The van der Waals surface area contributed by atoms with Crippen LogP contribution in [0.1, 0.15) is 5.56 Å². The second-order valence-electron chi connectivity index (χ2n) is 5.78. The standard InChI is InChI=1S/C21H20N2O4/c24-20(27-15-16-7-2-1-3-8-16)22-13-14-26-21(25)23-19-12-6-10-17-9-4-5-11-18(17)19/h1-12H,13-15H2,(H,22,24)(H,23,25). The zero-order valence-electron chi connectivity index (χ0n) is 14.7. The molecule has 138 valence electrons. The predicted molar refractivity (Wildman–Crippen MR) is 104 cm³/mol. The molecule has 27 heavy (non-hydrogen) atoms. The molecule has 6 heteroatoms. The maximum absolute atomic E-state index is 11.9. The Balaban J connectivity index is 1.37. The molecule has 3 rings (SSSR count). The number of alkyl carbamates (subject to hydrolysis) is 1. The van der Waals surface area contributed by atoms with Crippen molar-refractivity contribution in [2.75, 3.05) is 18.5 Å². The summed E-state index contributed by atoms with van der Waals surface area (Å²) in [6.07, 6.45) is -1.14. The number of benzene rings is 3. The van der Waals surface area contributed by atoms with Gasteiger partial charge in [-0.25, -0.2) is 9.59 Å². The van der Waals surface area contributed by atoms with Crippen LogP contribution in [0.25, 0.3) is 10.8 Å². The van der Waals surface area contributed by atoms with Gasteiger partial charge in [-0.1, -0.05) is 66.7 Å². The summed E-state index contributed by atoms with van der Waals surface area (Å²) in [5.41, 5.74) is 1.58. The van der Waals surface area contributed by atoms with Crippen LogP contribution in [0.3, 0.4) is 0 Å². The van der Waals surface area contributed by atoms with Crippen LogP contribution in [0.4, 0.5) is 15.3 Å². The van der Waals surface area contributed by atoms with Crippen molar-refractivity contribution in [2.45, 2.75) is 6.61 Å². The van der Waals surface area contributed by atoms with Crippen LogP contribution in [-0.4, -0.2) is 25.3 Å². The van der Waals surface area contributed by atoms with Gasteiger partial charge in [0.1, 0.15) is 13.2 Å². The van der Waals surface area contributed by atoms with E-state index in [1.165, 1.54) is 0 Å². The van der Waals surface area contributed by atoms with Gasteiger partial charge in [0.25, 0.3) is 0 Å². The van der Waals surface area contributed by atoms with Crippen molar-refractivity contribution < 1.29 is 19.1 Å². The third-order valence-corrected chi connectivity index (χ3v) is 3.84. The van der Waals surface area contributed by atoms with E-state index in [1.54, 1.807) is 0 Å². The SMILES string of the molecule is O=C(NCCOC(=O)Nc1cccc2ccccc12)OCc1ccccc1. The Morgan fingerprint density at radius 3 is 2.37 bits per heavy atom. The molecule has 0 spiro atoms. The summed E-state index contributed by atoms with van der Waals surface area (Å²) in [7, 11) is 0. The first-order chi connectivity index (χ1) is 13.2. The Kier molecular flexibility index (Phi) is 6.25. The number of fused-ring (bicyclic) bond motifs is 1. The fraction of sp³-hybridized carbons (Fsp3) is 0.143. The Labute approximate surface area is 157 Å². The number of ether oxygens (including phenoxy) is 2. The van der Waals surface area contributed by atoms with E-state index in [2.05, 4.69) is 10.6 Å². The summed E-state index contributed by atoms with van der Waals surface area (Å²) < 4.78 is 10.2. The van der Waals surface area contributed by atoms with Gasteiger partial charge in [-0.15, -0.1) is 0 Å². The Morgan fingerprint density at radius 2 is 1.52 bits per heavy atom. The lowest BCUT2D eigenvalue weighted by Gasteiger charge is -2.10. The first kappa shape index (κ1) is 18.3. The average Bonchev–Trinajstić information content (AvgIpc) is 2.71. The van der Waals surface area contributed by atoms with Crippen LogP contribution >= 0.6 is 0 Å². The van der Waals surface area contributed by atoms with Crippen molar-refractivity contribution in [1.29, 1.82) is 0 Å². The van der Waals surface area contributed by atoms with Gasteiger partial charge < -0.3 is 14.8 Å². The second kappa shape index (κ2) is 9.24. The molecule has 0 atom stereocenters. The number of rotatable bonds is 6. The predicted octanol–water partition coefficient (Wildman–Crippen LogP) is 4.31. The number of anilines is 1. The van der Waals surface area contributed by atoms with Crippen molar-refractivity contribution in [1.82, 2.24) is 5.32 Å². The topological polar surface area (TPSA) is 76.7 Å². The number of nitrogens with one attached hydrogen (secondary N) is 2. The van der Waals surface area contributed by atoms with E-state index in [0.29, 0.717) is 5.69 Å². The summed E-state index contributed by atoms with van der Waals surface area (Å²) in [6.45, 7) is 0.392. The van der Waals surface area contributed by atoms with Crippen molar-refractivity contribution in [3.8, 4) is 0 Å². The van der Waals surface area contributed by atoms with Gasteiger partial charge >= 0.3 is 12.2 Å². The molecule has 3 aromatic carbocycles. The smallest absolute Gasteiger partial charge is 0.411 e. The van der Waals surface area contributed by atoms with E-state index < -0.39 is 12.2 Å². The van der Waals surface area contributed by atoms with Gasteiger partial charge in [0, 0.05) is 5.39 Å². The number of carbonyl (C=O) groups is 2. The summed E-state index contributed by atoms with van der Waals surface area (Å²) >= 11 is 0. The zero-order valence-corrected chi connectivity index (χ0v) is 14.7. The highest BCUT2D eigenvalue weighted by Crippen LogP contribution is 2.22. The van der Waals surface area contributed by atoms with Gasteiger partial charge in [-0.3, -0.25) is 5.32 Å². The van der Waals surface area contributed by atoms with E-state index in [-0.39, 0.29) is 19.8 Å². The molecule has 2 amide bonds. The maximum Gasteiger partial charge on any atom is 0.411 e. The molecule has 0 radical (unpaired) electrons. The van der Waals surface area contributed by atoms with E-state index in [0.717, 1.165) is 16.3 Å². The molecule has 0 bridgehead atoms. The lowest BCUT2D eigenvalue weighted by Crippen LogP contribution is -2.29. The number of hydrogen-bond donors (Lipinski definition) is 2. The normalized spacial score (nSPS) is 10.2. The first-order valence-corrected chi connectivity index (χ1v) is 8.58. The van der Waals surface area contributed by atoms with Crippen LogP contribution < -0.4 is 10.6 Å². The molecule has 0 saturated heterocycles. The Hall–Kier alpha value is -3.54. The minimum Gasteiger partial charge on any atom is -0.447 e. The van der Waals surface area contributed by atoms with Gasteiger partial charge in [-0.2, -0.15) is 0 Å². The first-order valence-electron chi connectivity index (χ1n) is 8.58. The highest BCUT2D eigenvalue weighted by Gasteiger charge is 2.07. The summed E-state index contributed by atoms with van der Waals surface area (Å²) in [5, 5.41) is 7.21. The molecule has 2 N–H and O–H groups in total. The summed E-state index contributed by atoms with van der Waals surface area (Å²) in [5.74, 6) is 0. The molecule has 0 heterocycles. The molecule has 0 unspecified atom stereocenters. The van der Waals surface area contributed by atoms with Gasteiger partial charge in [-0.05, 0) is 17.0 Å². The van der Waals surface area contributed by atoms with Crippen molar-refractivity contribution in [3.63, 3.8) is 0 Å². The largest absolute Gasteiger partial charge is 0.447 e. The van der Waals surface area contributed by atoms with E-state index in [9.17, 15) is 9.59 Å². The van der Waals surface area contributed by atoms with Crippen LogP contribution in [0, 0.1) is 0 Å². The van der Waals surface area contributed by atoms with E-state index in [4.69, 9.17) is 9.47 Å². The molecule has 0 aliphatic rings. The van der Waals surface area contributed by atoms with Crippen LogP contribution in [-0.2, 0) is 16.1 Å². The summed E-state index contributed by atoms with van der Waals surface area (Å²) in [6, 6.07) is 22.8. The molecule has 0 saturated carbocycles. The Morgan fingerprint density at radius 1 is 0.778 bits per heavy atom. The molecule has 3 aromatic rings. The van der Waals surface area contributed by atoms with Gasteiger partial charge in [0.05, 0.1) is 12.2 Å². The summed E-state index contributed by atoms with van der Waals surface area (Å²) in [4.78, 5) is 23.5. The Bertz CT molecular complexity index is 907. The van der Waals surface area contributed by atoms with E-state index >= 15 is 0 Å². The van der Waals surface area contributed by atoms with Crippen molar-refractivity contribution in [2.24, 2.45) is 0 Å². The maximum atomic E-state index is 11.9. The number of carbonyl (C=O) groups excluding carboxylic acids is 2. The zero-order chi connectivity index (χ0) is 18.9. The molecular formula is C21H20N2O4. The minimum atomic E-state index is -0.578. The fourth-order valence-corrected chi connectivity index (χ4v) is 2.55. The average molecular weight is 364 g/mol. The fourth-order valence-electron chi connectivity index (χ4n) is 2.55. The lowest BCUT2D eigenvalue weighted by molar-refractivity contribution is 0.132. The monoisotopic (exact) mass is 364 g/mol. The third-order valence-electron chi connectivity index (χ3n) is 3.84. The number of hydrogen-bond acceptors (Lipinski definition) is 4. The van der Waals surface area contributed by atoms with Crippen molar-refractivity contribution in [3.05, 3.63) is 78.4 Å².